The van der Waals surface area contributed by atoms with Crippen LogP contribution in [0.3, 0.4) is 0 Å². The Morgan fingerprint density at radius 3 is 2.50 bits per heavy atom. The highest BCUT2D eigenvalue weighted by Gasteiger charge is 2.26. The van der Waals surface area contributed by atoms with Crippen LogP contribution < -0.4 is 11.1 Å². The maximum atomic E-state index is 12.0. The summed E-state index contributed by atoms with van der Waals surface area (Å²) in [6.45, 7) is 6.17. The highest BCUT2D eigenvalue weighted by molar-refractivity contribution is 5.90. The number of carbonyl (C=O) groups is 1. The molecular weight excluding hydrogens is 252 g/mol. The minimum absolute atomic E-state index is 0.000501. The van der Waals surface area contributed by atoms with E-state index in [4.69, 9.17) is 5.73 Å². The molecule has 1 aliphatic carbocycles. The van der Waals surface area contributed by atoms with E-state index in [1.807, 2.05) is 0 Å². The lowest BCUT2D eigenvalue weighted by Gasteiger charge is -2.17. The van der Waals surface area contributed by atoms with E-state index in [9.17, 15) is 4.79 Å². The lowest BCUT2D eigenvalue weighted by atomic mass is 9.96. The maximum absolute atomic E-state index is 12.0. The van der Waals surface area contributed by atoms with Crippen molar-refractivity contribution in [2.45, 2.75) is 57.9 Å². The van der Waals surface area contributed by atoms with Crippen molar-refractivity contribution in [2.75, 3.05) is 5.32 Å². The van der Waals surface area contributed by atoms with Crippen LogP contribution >= 0.6 is 0 Å². The third-order valence-corrected chi connectivity index (χ3v) is 3.77. The van der Waals surface area contributed by atoms with Gasteiger partial charge in [0, 0.05) is 17.9 Å². The van der Waals surface area contributed by atoms with E-state index in [1.54, 1.807) is 12.4 Å². The molecule has 0 aliphatic heterocycles. The van der Waals surface area contributed by atoms with Gasteiger partial charge in [0.2, 0.25) is 5.91 Å². The van der Waals surface area contributed by atoms with Crippen molar-refractivity contribution in [2.24, 2.45) is 11.7 Å². The number of nitrogens with one attached hydrogen (secondary N) is 1. The first kappa shape index (κ1) is 14.9. The first-order valence-corrected chi connectivity index (χ1v) is 7.24. The zero-order valence-electron chi connectivity index (χ0n) is 12.5. The molecule has 3 N–H and O–H groups in total. The van der Waals surface area contributed by atoms with Gasteiger partial charge in [0.25, 0.3) is 0 Å². The normalized spacial score (nSPS) is 22.8. The van der Waals surface area contributed by atoms with Crippen molar-refractivity contribution in [1.29, 1.82) is 0 Å². The van der Waals surface area contributed by atoms with Crippen molar-refractivity contribution in [3.05, 3.63) is 18.2 Å². The Labute approximate surface area is 120 Å². The van der Waals surface area contributed by atoms with Gasteiger partial charge in [-0.25, -0.2) is 9.97 Å². The Morgan fingerprint density at radius 2 is 2.00 bits per heavy atom. The second-order valence-electron chi connectivity index (χ2n) is 6.65. The molecule has 1 fully saturated rings. The lowest BCUT2D eigenvalue weighted by molar-refractivity contribution is -0.117. The van der Waals surface area contributed by atoms with Gasteiger partial charge >= 0.3 is 0 Å². The monoisotopic (exact) mass is 276 g/mol. The average molecular weight is 276 g/mol. The summed E-state index contributed by atoms with van der Waals surface area (Å²) >= 11 is 0. The summed E-state index contributed by atoms with van der Waals surface area (Å²) in [6, 6.07) is 0.167. The average Bonchev–Trinajstić information content (AvgIpc) is 2.74. The first-order chi connectivity index (χ1) is 9.36. The van der Waals surface area contributed by atoms with Gasteiger partial charge in [-0.1, -0.05) is 27.2 Å². The van der Waals surface area contributed by atoms with E-state index < -0.39 is 0 Å². The highest BCUT2D eigenvalue weighted by Crippen LogP contribution is 2.27. The minimum Gasteiger partial charge on any atom is -0.327 e. The van der Waals surface area contributed by atoms with Gasteiger partial charge in [-0.3, -0.25) is 4.79 Å². The van der Waals surface area contributed by atoms with Gasteiger partial charge in [0.1, 0.15) is 5.82 Å². The largest absolute Gasteiger partial charge is 0.327 e. The highest BCUT2D eigenvalue weighted by atomic mass is 16.1. The molecule has 0 bridgehead atoms. The van der Waals surface area contributed by atoms with Crippen LogP contribution in [0.2, 0.25) is 0 Å². The van der Waals surface area contributed by atoms with E-state index in [1.165, 1.54) is 0 Å². The van der Waals surface area contributed by atoms with E-state index in [-0.39, 0.29) is 17.4 Å². The molecule has 5 heteroatoms. The van der Waals surface area contributed by atoms with Crippen LogP contribution in [-0.2, 0) is 10.2 Å². The molecule has 2 rings (SSSR count). The fraction of sp³-hybridized carbons (Fsp3) is 0.667. The quantitative estimate of drug-likeness (QED) is 0.887. The van der Waals surface area contributed by atoms with Crippen molar-refractivity contribution in [3.8, 4) is 0 Å². The first-order valence-electron chi connectivity index (χ1n) is 7.24. The molecule has 0 saturated heterocycles. The molecule has 1 aliphatic rings. The maximum Gasteiger partial charge on any atom is 0.224 e. The minimum atomic E-state index is -0.0842. The molecule has 1 saturated carbocycles. The molecule has 1 amide bonds. The van der Waals surface area contributed by atoms with E-state index >= 15 is 0 Å². The second-order valence-corrected chi connectivity index (χ2v) is 6.65. The summed E-state index contributed by atoms with van der Waals surface area (Å²) in [7, 11) is 0. The fourth-order valence-electron chi connectivity index (χ4n) is 2.55. The smallest absolute Gasteiger partial charge is 0.224 e. The standard InChI is InChI=1S/C15H24N4O/c1-15(2,3)14-17-8-11(9-18-14)19-13(20)7-10-5-4-6-12(10)16/h8-10,12H,4-7,16H2,1-3H3,(H,19,20)/t10-,12+/m0/s1. The summed E-state index contributed by atoms with van der Waals surface area (Å²) in [4.78, 5) is 20.6. The molecule has 2 atom stereocenters. The van der Waals surface area contributed by atoms with Gasteiger partial charge in [0.15, 0.2) is 0 Å². The van der Waals surface area contributed by atoms with Gasteiger partial charge < -0.3 is 11.1 Å². The summed E-state index contributed by atoms with van der Waals surface area (Å²) in [5.41, 5.74) is 6.55. The molecule has 1 aromatic heterocycles. The third-order valence-electron chi connectivity index (χ3n) is 3.77. The molecular formula is C15H24N4O. The van der Waals surface area contributed by atoms with Crippen LogP contribution in [0.25, 0.3) is 0 Å². The summed E-state index contributed by atoms with van der Waals surface area (Å²) in [6.07, 6.45) is 7.03. The van der Waals surface area contributed by atoms with Gasteiger partial charge in [0.05, 0.1) is 18.1 Å². The van der Waals surface area contributed by atoms with Crippen LogP contribution in [0, 0.1) is 5.92 Å². The Bertz CT molecular complexity index is 464. The number of rotatable bonds is 3. The molecule has 5 nitrogen and oxygen atoms in total. The zero-order valence-corrected chi connectivity index (χ0v) is 12.5. The lowest BCUT2D eigenvalue weighted by Crippen LogP contribution is -2.28. The molecule has 0 aromatic carbocycles. The molecule has 110 valence electrons. The summed E-state index contributed by atoms with van der Waals surface area (Å²) in [5.74, 6) is 1.08. The van der Waals surface area contributed by atoms with Crippen LogP contribution in [0.15, 0.2) is 12.4 Å². The van der Waals surface area contributed by atoms with Gasteiger partial charge in [-0.15, -0.1) is 0 Å². The number of amides is 1. The molecule has 20 heavy (non-hydrogen) atoms. The van der Waals surface area contributed by atoms with Gasteiger partial charge in [-0.2, -0.15) is 0 Å². The number of aromatic nitrogens is 2. The Balaban J connectivity index is 1.91. The number of hydrogen-bond donors (Lipinski definition) is 2. The number of nitrogens with zero attached hydrogens (tertiary/aromatic N) is 2. The fourth-order valence-corrected chi connectivity index (χ4v) is 2.55. The van der Waals surface area contributed by atoms with E-state index in [0.29, 0.717) is 18.0 Å². The van der Waals surface area contributed by atoms with Crippen molar-refractivity contribution in [1.82, 2.24) is 9.97 Å². The molecule has 0 radical (unpaired) electrons. The second kappa shape index (κ2) is 5.87. The van der Waals surface area contributed by atoms with Crippen molar-refractivity contribution >= 4 is 11.6 Å². The van der Waals surface area contributed by atoms with E-state index in [2.05, 4.69) is 36.1 Å². The van der Waals surface area contributed by atoms with Crippen LogP contribution in [0.4, 0.5) is 5.69 Å². The molecule has 1 aromatic rings. The van der Waals surface area contributed by atoms with Crippen LogP contribution in [0.1, 0.15) is 52.3 Å². The van der Waals surface area contributed by atoms with Crippen molar-refractivity contribution in [3.63, 3.8) is 0 Å². The van der Waals surface area contributed by atoms with Gasteiger partial charge in [-0.05, 0) is 18.8 Å². The zero-order chi connectivity index (χ0) is 14.8. The summed E-state index contributed by atoms with van der Waals surface area (Å²) in [5, 5.41) is 2.85. The SMILES string of the molecule is CC(C)(C)c1ncc(NC(=O)C[C@@H]2CCC[C@H]2N)cn1. The predicted octanol–water partition coefficient (Wildman–Crippen LogP) is 2.23. The summed E-state index contributed by atoms with van der Waals surface area (Å²) < 4.78 is 0. The Morgan fingerprint density at radius 1 is 1.35 bits per heavy atom. The van der Waals surface area contributed by atoms with E-state index in [0.717, 1.165) is 25.1 Å². The van der Waals surface area contributed by atoms with Crippen LogP contribution in [-0.4, -0.2) is 21.9 Å². The third kappa shape index (κ3) is 3.76. The number of hydrogen-bond acceptors (Lipinski definition) is 4. The predicted molar refractivity (Wildman–Crippen MR) is 79.3 cm³/mol. The topological polar surface area (TPSA) is 80.9 Å². The molecule has 0 unspecified atom stereocenters. The Hall–Kier alpha value is -1.49. The Kier molecular flexibility index (Phi) is 4.38. The van der Waals surface area contributed by atoms with Crippen molar-refractivity contribution < 1.29 is 4.79 Å². The molecule has 1 heterocycles. The number of carbonyl (C=O) groups excluding carboxylic acids is 1. The number of nitrogens with two attached hydrogens (primary N) is 1. The molecule has 0 spiro atoms. The number of anilines is 1. The van der Waals surface area contributed by atoms with Crippen LogP contribution in [0.5, 0.6) is 0 Å².